The van der Waals surface area contributed by atoms with Crippen molar-refractivity contribution < 1.29 is 9.59 Å². The van der Waals surface area contributed by atoms with Gasteiger partial charge < -0.3 is 0 Å². The first-order valence-electron chi connectivity index (χ1n) is 6.39. The van der Waals surface area contributed by atoms with Crippen molar-refractivity contribution in [3.63, 3.8) is 0 Å². The molecule has 1 fully saturated rings. The van der Waals surface area contributed by atoms with E-state index >= 15 is 0 Å². The van der Waals surface area contributed by atoms with Gasteiger partial charge in [-0.3, -0.25) is 9.59 Å². The van der Waals surface area contributed by atoms with Crippen molar-refractivity contribution in [3.8, 4) is 0 Å². The summed E-state index contributed by atoms with van der Waals surface area (Å²) in [5.41, 5.74) is 1.40. The molecule has 0 aromatic heterocycles. The SMILES string of the molecule is Cc1c(Cl)cccc1N1C(=O)[C@H]2CC=CC[C@H]2C1=O. The molecular formula is C15H14ClNO2. The first kappa shape index (κ1) is 12.4. The van der Waals surface area contributed by atoms with Gasteiger partial charge >= 0.3 is 0 Å². The van der Waals surface area contributed by atoms with Crippen LogP contribution < -0.4 is 4.90 Å². The van der Waals surface area contributed by atoms with Crippen LogP contribution in [0.3, 0.4) is 0 Å². The van der Waals surface area contributed by atoms with E-state index in [-0.39, 0.29) is 23.7 Å². The molecule has 0 saturated carbocycles. The molecule has 3 rings (SSSR count). The lowest BCUT2D eigenvalue weighted by molar-refractivity contribution is -0.122. The van der Waals surface area contributed by atoms with Crippen molar-refractivity contribution in [2.75, 3.05) is 4.90 Å². The molecule has 1 aliphatic carbocycles. The first-order valence-corrected chi connectivity index (χ1v) is 6.77. The predicted molar refractivity (Wildman–Crippen MR) is 74.0 cm³/mol. The van der Waals surface area contributed by atoms with E-state index in [1.165, 1.54) is 4.90 Å². The van der Waals surface area contributed by atoms with Crippen LogP contribution in [0.2, 0.25) is 5.02 Å². The van der Waals surface area contributed by atoms with E-state index in [1.807, 2.05) is 19.1 Å². The van der Waals surface area contributed by atoms with Crippen LogP contribution in [0.25, 0.3) is 0 Å². The summed E-state index contributed by atoms with van der Waals surface area (Å²) >= 11 is 6.08. The fraction of sp³-hybridized carbons (Fsp3) is 0.333. The van der Waals surface area contributed by atoms with Gasteiger partial charge in [-0.25, -0.2) is 4.90 Å². The molecule has 0 spiro atoms. The van der Waals surface area contributed by atoms with Gasteiger partial charge in [-0.1, -0.05) is 29.8 Å². The zero-order chi connectivity index (χ0) is 13.6. The third kappa shape index (κ3) is 1.80. The lowest BCUT2D eigenvalue weighted by Crippen LogP contribution is -2.31. The van der Waals surface area contributed by atoms with Crippen molar-refractivity contribution in [1.82, 2.24) is 0 Å². The van der Waals surface area contributed by atoms with Gasteiger partial charge in [0.05, 0.1) is 17.5 Å². The van der Waals surface area contributed by atoms with E-state index in [0.29, 0.717) is 23.6 Å². The van der Waals surface area contributed by atoms with Gasteiger partial charge in [-0.2, -0.15) is 0 Å². The molecule has 1 aromatic carbocycles. The third-order valence-electron chi connectivity index (χ3n) is 3.99. The number of hydrogen-bond donors (Lipinski definition) is 0. The Morgan fingerprint density at radius 1 is 1.11 bits per heavy atom. The highest BCUT2D eigenvalue weighted by atomic mass is 35.5. The molecule has 4 heteroatoms. The van der Waals surface area contributed by atoms with E-state index in [1.54, 1.807) is 18.2 Å². The van der Waals surface area contributed by atoms with Crippen molar-refractivity contribution in [1.29, 1.82) is 0 Å². The van der Waals surface area contributed by atoms with Gasteiger partial charge in [0.25, 0.3) is 0 Å². The number of allylic oxidation sites excluding steroid dienone is 2. The van der Waals surface area contributed by atoms with Crippen LogP contribution >= 0.6 is 11.6 Å². The van der Waals surface area contributed by atoms with Crippen molar-refractivity contribution >= 4 is 29.1 Å². The Hall–Kier alpha value is -1.61. The minimum absolute atomic E-state index is 0.0929. The zero-order valence-corrected chi connectivity index (χ0v) is 11.4. The Morgan fingerprint density at radius 2 is 1.68 bits per heavy atom. The van der Waals surface area contributed by atoms with Gasteiger partial charge in [0.1, 0.15) is 0 Å². The Balaban J connectivity index is 2.04. The number of fused-ring (bicyclic) bond motifs is 1. The summed E-state index contributed by atoms with van der Waals surface area (Å²) in [5.74, 6) is -0.582. The number of rotatable bonds is 1. The molecule has 1 saturated heterocycles. The summed E-state index contributed by atoms with van der Waals surface area (Å²) in [4.78, 5) is 26.2. The highest BCUT2D eigenvalue weighted by Gasteiger charge is 2.48. The third-order valence-corrected chi connectivity index (χ3v) is 4.40. The molecule has 2 atom stereocenters. The van der Waals surface area contributed by atoms with Crippen LogP contribution in [0.4, 0.5) is 5.69 Å². The maximum absolute atomic E-state index is 12.4. The number of hydrogen-bond acceptors (Lipinski definition) is 2. The molecular weight excluding hydrogens is 262 g/mol. The van der Waals surface area contributed by atoms with Crippen molar-refractivity contribution in [2.45, 2.75) is 19.8 Å². The Labute approximate surface area is 116 Å². The average Bonchev–Trinajstić information content (AvgIpc) is 2.67. The monoisotopic (exact) mass is 275 g/mol. The number of imide groups is 1. The molecule has 0 unspecified atom stereocenters. The predicted octanol–water partition coefficient (Wildman–Crippen LogP) is 3.10. The molecule has 0 bridgehead atoms. The number of halogens is 1. The van der Waals surface area contributed by atoms with E-state index in [2.05, 4.69) is 0 Å². The smallest absolute Gasteiger partial charge is 0.238 e. The van der Waals surface area contributed by atoms with Crippen LogP contribution in [0.5, 0.6) is 0 Å². The number of benzene rings is 1. The topological polar surface area (TPSA) is 37.4 Å². The van der Waals surface area contributed by atoms with Crippen LogP contribution in [0, 0.1) is 18.8 Å². The van der Waals surface area contributed by atoms with Crippen molar-refractivity contribution in [3.05, 3.63) is 40.9 Å². The lowest BCUT2D eigenvalue weighted by Gasteiger charge is -2.17. The average molecular weight is 276 g/mol. The summed E-state index contributed by atoms with van der Waals surface area (Å²) in [7, 11) is 0. The van der Waals surface area contributed by atoms with Gasteiger partial charge in [-0.15, -0.1) is 0 Å². The molecule has 98 valence electrons. The molecule has 1 aromatic rings. The fourth-order valence-electron chi connectivity index (χ4n) is 2.88. The van der Waals surface area contributed by atoms with E-state index in [4.69, 9.17) is 11.6 Å². The zero-order valence-electron chi connectivity index (χ0n) is 10.6. The number of amides is 2. The molecule has 1 heterocycles. The van der Waals surface area contributed by atoms with Crippen LogP contribution in [0.15, 0.2) is 30.4 Å². The maximum atomic E-state index is 12.4. The second-order valence-electron chi connectivity index (χ2n) is 5.05. The highest BCUT2D eigenvalue weighted by Crippen LogP contribution is 2.39. The fourth-order valence-corrected chi connectivity index (χ4v) is 3.05. The van der Waals surface area contributed by atoms with E-state index < -0.39 is 0 Å². The largest absolute Gasteiger partial charge is 0.274 e. The molecule has 3 nitrogen and oxygen atoms in total. The number of carbonyl (C=O) groups excluding carboxylic acids is 2. The van der Waals surface area contributed by atoms with Crippen LogP contribution in [-0.2, 0) is 9.59 Å². The second-order valence-corrected chi connectivity index (χ2v) is 5.46. The van der Waals surface area contributed by atoms with E-state index in [0.717, 1.165) is 5.56 Å². The molecule has 0 N–H and O–H groups in total. The number of carbonyl (C=O) groups is 2. The highest BCUT2D eigenvalue weighted by molar-refractivity contribution is 6.32. The normalized spacial score (nSPS) is 25.9. The second kappa shape index (κ2) is 4.49. The Morgan fingerprint density at radius 3 is 2.26 bits per heavy atom. The Kier molecular flexibility index (Phi) is 2.94. The van der Waals surface area contributed by atoms with E-state index in [9.17, 15) is 9.59 Å². The summed E-state index contributed by atoms with van der Waals surface area (Å²) in [6.07, 6.45) is 5.29. The maximum Gasteiger partial charge on any atom is 0.238 e. The lowest BCUT2D eigenvalue weighted by atomic mass is 9.85. The van der Waals surface area contributed by atoms with Gasteiger partial charge in [-0.05, 0) is 37.5 Å². The van der Waals surface area contributed by atoms with Gasteiger partial charge in [0.2, 0.25) is 11.8 Å². The van der Waals surface area contributed by atoms with Gasteiger partial charge in [0, 0.05) is 5.02 Å². The summed E-state index contributed by atoms with van der Waals surface area (Å²) < 4.78 is 0. The molecule has 2 amide bonds. The summed E-state index contributed by atoms with van der Waals surface area (Å²) in [6.45, 7) is 1.83. The summed E-state index contributed by atoms with van der Waals surface area (Å²) in [5, 5.41) is 0.575. The minimum Gasteiger partial charge on any atom is -0.274 e. The molecule has 2 aliphatic rings. The van der Waals surface area contributed by atoms with Gasteiger partial charge in [0.15, 0.2) is 0 Å². The molecule has 19 heavy (non-hydrogen) atoms. The number of nitrogens with zero attached hydrogens (tertiary/aromatic N) is 1. The van der Waals surface area contributed by atoms with Crippen LogP contribution in [0.1, 0.15) is 18.4 Å². The quantitative estimate of drug-likeness (QED) is 0.583. The van der Waals surface area contributed by atoms with Crippen molar-refractivity contribution in [2.24, 2.45) is 11.8 Å². The van der Waals surface area contributed by atoms with Crippen LogP contribution in [-0.4, -0.2) is 11.8 Å². The standard InChI is InChI=1S/C15H14ClNO2/c1-9-12(16)7-4-8-13(9)17-14(18)10-5-2-3-6-11(10)15(17)19/h2-4,7-8,10-11H,5-6H2,1H3/t10-,11+. The number of anilines is 1. The molecule has 1 aliphatic heterocycles. The first-order chi connectivity index (χ1) is 9.11. The summed E-state index contributed by atoms with van der Waals surface area (Å²) in [6, 6.07) is 5.31. The molecule has 0 radical (unpaired) electrons. The minimum atomic E-state index is -0.198. The Bertz CT molecular complexity index is 568.